The Hall–Kier alpha value is -2.77. The molecule has 0 unspecified atom stereocenters. The minimum absolute atomic E-state index is 0.396. The van der Waals surface area contributed by atoms with Gasteiger partial charge in [0, 0.05) is 10.9 Å². The zero-order valence-corrected chi connectivity index (χ0v) is 14.4. The molecule has 2 N–H and O–H groups in total. The number of phenolic OH excluding ortho intramolecular Hbond substituents is 1. The highest BCUT2D eigenvalue weighted by Gasteiger charge is 2.16. The molecule has 25 heavy (non-hydrogen) atoms. The van der Waals surface area contributed by atoms with Crippen molar-refractivity contribution in [3.8, 4) is 5.75 Å². The Morgan fingerprint density at radius 3 is 2.32 bits per heavy atom. The van der Waals surface area contributed by atoms with Crippen LogP contribution < -0.4 is 0 Å². The monoisotopic (exact) mass is 356 g/mol. The molecule has 0 amide bonds. The Morgan fingerprint density at radius 1 is 0.920 bits per heavy atom. The molecule has 0 saturated heterocycles. The van der Waals surface area contributed by atoms with Crippen molar-refractivity contribution in [3.63, 3.8) is 0 Å². The van der Waals surface area contributed by atoms with Crippen LogP contribution in [-0.2, 0) is 10.1 Å². The molecule has 1 aliphatic rings. The average molecular weight is 356 g/mol. The van der Waals surface area contributed by atoms with Gasteiger partial charge in [-0.3, -0.25) is 4.55 Å². The lowest BCUT2D eigenvalue weighted by atomic mass is 10.1. The van der Waals surface area contributed by atoms with Crippen molar-refractivity contribution in [3.05, 3.63) is 59.7 Å². The molecule has 2 bridgehead atoms. The van der Waals surface area contributed by atoms with Gasteiger partial charge < -0.3 is 5.11 Å². The highest BCUT2D eigenvalue weighted by Crippen LogP contribution is 2.38. The molecule has 0 radical (unpaired) electrons. The van der Waals surface area contributed by atoms with Gasteiger partial charge >= 0.3 is 0 Å². The number of phenols is 1. The maximum absolute atomic E-state index is 10.9. The lowest BCUT2D eigenvalue weighted by Crippen LogP contribution is -1.98. The molecule has 4 rings (SSSR count). The molecule has 0 fully saturated rings. The SMILES string of the molecule is Cc1ccc2c(C)c1N=N2.O=S(=O)(O)c1ccc2ccccc2c1O. The predicted molar refractivity (Wildman–Crippen MR) is 95.5 cm³/mol. The second-order valence-corrected chi connectivity index (χ2v) is 7.07. The number of benzene rings is 3. The van der Waals surface area contributed by atoms with E-state index in [0.717, 1.165) is 11.4 Å². The standard InChI is InChI=1S/C10H8O4S.C8H8N2/c11-10-8-4-2-1-3-7(8)5-6-9(10)15(12,13)14;1-5-3-4-7-6(2)8(5)10-9-7/h1-6,11H,(H,12,13,14);3-4H,1-2H3. The van der Waals surface area contributed by atoms with Crippen LogP contribution in [0.5, 0.6) is 5.75 Å². The van der Waals surface area contributed by atoms with Crippen LogP contribution in [0.2, 0.25) is 0 Å². The summed E-state index contributed by atoms with van der Waals surface area (Å²) in [5.41, 5.74) is 4.49. The molecule has 7 heteroatoms. The molecule has 0 atom stereocenters. The van der Waals surface area contributed by atoms with Crippen molar-refractivity contribution in [2.45, 2.75) is 18.7 Å². The van der Waals surface area contributed by atoms with E-state index < -0.39 is 20.8 Å². The largest absolute Gasteiger partial charge is 0.506 e. The topological polar surface area (TPSA) is 99.3 Å². The minimum atomic E-state index is -4.37. The van der Waals surface area contributed by atoms with E-state index in [0.29, 0.717) is 10.8 Å². The van der Waals surface area contributed by atoms with Gasteiger partial charge in [0.1, 0.15) is 10.6 Å². The number of nitrogens with zero attached hydrogens (tertiary/aromatic N) is 2. The Morgan fingerprint density at radius 2 is 1.64 bits per heavy atom. The van der Waals surface area contributed by atoms with Crippen molar-refractivity contribution < 1.29 is 18.1 Å². The quantitative estimate of drug-likeness (QED) is 0.477. The maximum Gasteiger partial charge on any atom is 0.298 e. The van der Waals surface area contributed by atoms with E-state index in [4.69, 9.17) is 4.55 Å². The molecule has 0 aromatic heterocycles. The molecule has 6 nitrogen and oxygen atoms in total. The summed E-state index contributed by atoms with van der Waals surface area (Å²) in [6.45, 7) is 4.11. The Kier molecular flexibility index (Phi) is 4.28. The van der Waals surface area contributed by atoms with Crippen molar-refractivity contribution >= 4 is 32.3 Å². The van der Waals surface area contributed by atoms with Crippen molar-refractivity contribution in [2.24, 2.45) is 10.2 Å². The van der Waals surface area contributed by atoms with E-state index in [-0.39, 0.29) is 0 Å². The van der Waals surface area contributed by atoms with E-state index in [2.05, 4.69) is 30.1 Å². The van der Waals surface area contributed by atoms with Crippen LogP contribution >= 0.6 is 0 Å². The smallest absolute Gasteiger partial charge is 0.298 e. The van der Waals surface area contributed by atoms with Crippen LogP contribution in [0.1, 0.15) is 11.1 Å². The van der Waals surface area contributed by atoms with Gasteiger partial charge in [-0.25, -0.2) is 0 Å². The summed E-state index contributed by atoms with van der Waals surface area (Å²) in [6, 6.07) is 13.5. The fourth-order valence-corrected chi connectivity index (χ4v) is 3.23. The molecule has 0 spiro atoms. The second kappa shape index (κ2) is 6.27. The lowest BCUT2D eigenvalue weighted by molar-refractivity contribution is 0.448. The average Bonchev–Trinajstić information content (AvgIpc) is 2.81. The first-order valence-electron chi connectivity index (χ1n) is 7.49. The number of aromatic hydroxyl groups is 1. The normalized spacial score (nSPS) is 12.1. The van der Waals surface area contributed by atoms with Gasteiger partial charge in [-0.1, -0.05) is 36.4 Å². The summed E-state index contributed by atoms with van der Waals surface area (Å²) in [5.74, 6) is -0.421. The van der Waals surface area contributed by atoms with Crippen molar-refractivity contribution in [1.82, 2.24) is 0 Å². The van der Waals surface area contributed by atoms with Crippen LogP contribution in [0.25, 0.3) is 10.8 Å². The summed E-state index contributed by atoms with van der Waals surface area (Å²) in [6.07, 6.45) is 0. The number of rotatable bonds is 1. The zero-order valence-electron chi connectivity index (χ0n) is 13.6. The molecule has 3 aromatic rings. The Balaban J connectivity index is 0.000000157. The summed E-state index contributed by atoms with van der Waals surface area (Å²) in [5, 5.41) is 18.8. The number of aryl methyl sites for hydroxylation is 1. The fourth-order valence-electron chi connectivity index (χ4n) is 2.63. The van der Waals surface area contributed by atoms with Gasteiger partial charge in [-0.05, 0) is 36.9 Å². The van der Waals surface area contributed by atoms with E-state index in [1.807, 2.05) is 6.07 Å². The molecular formula is C18H16N2O4S. The number of azo groups is 1. The summed E-state index contributed by atoms with van der Waals surface area (Å²) >= 11 is 0. The van der Waals surface area contributed by atoms with E-state index in [1.165, 1.54) is 23.3 Å². The summed E-state index contributed by atoms with van der Waals surface area (Å²) < 4.78 is 30.6. The first kappa shape index (κ1) is 17.1. The van der Waals surface area contributed by atoms with Crippen LogP contribution in [0.15, 0.2) is 63.7 Å². The van der Waals surface area contributed by atoms with Crippen molar-refractivity contribution in [2.75, 3.05) is 0 Å². The first-order chi connectivity index (χ1) is 11.8. The third-order valence-corrected chi connectivity index (χ3v) is 4.89. The molecule has 3 aromatic carbocycles. The second-order valence-electron chi connectivity index (χ2n) is 5.68. The van der Waals surface area contributed by atoms with E-state index in [9.17, 15) is 13.5 Å². The van der Waals surface area contributed by atoms with E-state index in [1.54, 1.807) is 24.3 Å². The van der Waals surface area contributed by atoms with Crippen LogP contribution in [0.4, 0.5) is 11.4 Å². The van der Waals surface area contributed by atoms with Gasteiger partial charge in [0.2, 0.25) is 0 Å². The van der Waals surface area contributed by atoms with Crippen LogP contribution in [0, 0.1) is 13.8 Å². The predicted octanol–water partition coefficient (Wildman–Crippen LogP) is 4.82. The minimum Gasteiger partial charge on any atom is -0.506 e. The van der Waals surface area contributed by atoms with Gasteiger partial charge in [0.05, 0.1) is 11.4 Å². The van der Waals surface area contributed by atoms with Crippen LogP contribution in [0.3, 0.4) is 0 Å². The lowest BCUT2D eigenvalue weighted by Gasteiger charge is -2.04. The van der Waals surface area contributed by atoms with Crippen LogP contribution in [-0.4, -0.2) is 18.1 Å². The number of hydrogen-bond donors (Lipinski definition) is 2. The molecule has 128 valence electrons. The highest BCUT2D eigenvalue weighted by atomic mass is 32.2. The molecule has 0 saturated carbocycles. The first-order valence-corrected chi connectivity index (χ1v) is 8.93. The molecule has 1 aliphatic heterocycles. The summed E-state index contributed by atoms with van der Waals surface area (Å²) in [7, 11) is -4.37. The van der Waals surface area contributed by atoms with E-state index >= 15 is 0 Å². The number of fused-ring (bicyclic) bond motifs is 3. The number of hydrogen-bond acceptors (Lipinski definition) is 5. The Labute approximate surface area is 145 Å². The maximum atomic E-state index is 10.9. The molecular weight excluding hydrogens is 340 g/mol. The summed E-state index contributed by atoms with van der Waals surface area (Å²) in [4.78, 5) is -0.471. The molecule has 1 heterocycles. The van der Waals surface area contributed by atoms with Gasteiger partial charge in [-0.15, -0.1) is 5.11 Å². The third kappa shape index (κ3) is 3.24. The third-order valence-electron chi connectivity index (χ3n) is 4.00. The fraction of sp³-hybridized carbons (Fsp3) is 0.111. The van der Waals surface area contributed by atoms with Gasteiger partial charge in [0.15, 0.2) is 0 Å². The van der Waals surface area contributed by atoms with Gasteiger partial charge in [0.25, 0.3) is 10.1 Å². The Bertz CT molecular complexity index is 1110. The van der Waals surface area contributed by atoms with Crippen molar-refractivity contribution in [1.29, 1.82) is 0 Å². The molecule has 0 aliphatic carbocycles. The zero-order chi connectivity index (χ0) is 18.2. The highest BCUT2D eigenvalue weighted by molar-refractivity contribution is 7.86. The van der Waals surface area contributed by atoms with Gasteiger partial charge in [-0.2, -0.15) is 13.5 Å².